The van der Waals surface area contributed by atoms with Gasteiger partial charge in [-0.2, -0.15) is 0 Å². The number of carbonyl (C=O) groups is 1. The number of nitrogens with zero attached hydrogens (tertiary/aromatic N) is 2. The number of carbonyl (C=O) groups excluding carboxylic acids is 1. The minimum Gasteiger partial charge on any atom is -0.492 e. The molecule has 1 atom stereocenters. The van der Waals surface area contributed by atoms with Crippen molar-refractivity contribution in [1.82, 2.24) is 9.88 Å². The number of morpholine rings is 1. The highest BCUT2D eigenvalue weighted by atomic mass is 16.5. The fourth-order valence-corrected chi connectivity index (χ4v) is 2.34. The molecule has 0 aliphatic carbocycles. The number of ketones is 1. The molecular weight excluding hydrogens is 268 g/mol. The summed E-state index contributed by atoms with van der Waals surface area (Å²) in [5.41, 5.74) is 0.555. The van der Waals surface area contributed by atoms with Crippen molar-refractivity contribution in [2.75, 3.05) is 26.3 Å². The van der Waals surface area contributed by atoms with Crippen LogP contribution in [-0.4, -0.2) is 54.1 Å². The van der Waals surface area contributed by atoms with E-state index in [9.17, 15) is 4.79 Å². The third-order valence-electron chi connectivity index (χ3n) is 3.59. The first-order valence-corrected chi connectivity index (χ1v) is 7.59. The Kier molecular flexibility index (Phi) is 5.70. The van der Waals surface area contributed by atoms with Gasteiger partial charge < -0.3 is 9.47 Å². The zero-order chi connectivity index (χ0) is 15.2. The molecule has 1 aromatic rings. The van der Waals surface area contributed by atoms with E-state index >= 15 is 0 Å². The molecule has 0 aromatic carbocycles. The normalized spacial score (nSPS) is 19.7. The minimum absolute atomic E-state index is 0.0187. The number of hydrogen-bond acceptors (Lipinski definition) is 5. The zero-order valence-corrected chi connectivity index (χ0v) is 13.0. The first-order chi connectivity index (χ1) is 10.1. The number of pyridine rings is 1. The van der Waals surface area contributed by atoms with Gasteiger partial charge in [0.25, 0.3) is 0 Å². The van der Waals surface area contributed by atoms with Crippen molar-refractivity contribution in [2.24, 2.45) is 0 Å². The van der Waals surface area contributed by atoms with Gasteiger partial charge in [0, 0.05) is 30.9 Å². The van der Waals surface area contributed by atoms with E-state index in [0.29, 0.717) is 37.1 Å². The van der Waals surface area contributed by atoms with Crippen LogP contribution in [-0.2, 0) is 4.74 Å². The Balaban J connectivity index is 2.05. The van der Waals surface area contributed by atoms with Crippen LogP contribution in [0.3, 0.4) is 0 Å². The molecule has 116 valence electrons. The first kappa shape index (κ1) is 15.9. The van der Waals surface area contributed by atoms with E-state index in [0.717, 1.165) is 13.0 Å². The van der Waals surface area contributed by atoms with Crippen LogP contribution in [0.4, 0.5) is 0 Å². The van der Waals surface area contributed by atoms with Gasteiger partial charge in [0.15, 0.2) is 5.78 Å². The van der Waals surface area contributed by atoms with Crippen LogP contribution in [0.15, 0.2) is 18.5 Å². The zero-order valence-electron chi connectivity index (χ0n) is 13.0. The van der Waals surface area contributed by atoms with Gasteiger partial charge >= 0.3 is 0 Å². The maximum Gasteiger partial charge on any atom is 0.194 e. The van der Waals surface area contributed by atoms with Gasteiger partial charge in [-0.15, -0.1) is 0 Å². The smallest absolute Gasteiger partial charge is 0.194 e. The molecule has 1 aromatic heterocycles. The Morgan fingerprint density at radius 1 is 1.52 bits per heavy atom. The molecule has 5 heteroatoms. The van der Waals surface area contributed by atoms with E-state index in [-0.39, 0.29) is 5.78 Å². The number of aromatic nitrogens is 1. The molecular formula is C16H24N2O3. The van der Waals surface area contributed by atoms with Gasteiger partial charge in [0.2, 0.25) is 0 Å². The quantitative estimate of drug-likeness (QED) is 0.752. The molecule has 5 nitrogen and oxygen atoms in total. The fourth-order valence-electron chi connectivity index (χ4n) is 2.34. The summed E-state index contributed by atoms with van der Waals surface area (Å²) in [4.78, 5) is 18.9. The molecule has 1 unspecified atom stereocenters. The Bertz CT molecular complexity index is 476. The third kappa shape index (κ3) is 4.25. The summed E-state index contributed by atoms with van der Waals surface area (Å²) in [6.45, 7) is 9.03. The van der Waals surface area contributed by atoms with Crippen LogP contribution in [0.2, 0.25) is 0 Å². The van der Waals surface area contributed by atoms with Crippen molar-refractivity contribution < 1.29 is 14.3 Å². The standard InChI is InChI=1S/C16H24N2O3/c1-4-6-20-14-8-13(9-17-10-14)16(19)15-11-18(12(2)3)5-7-21-15/h8-10,12,15H,4-7,11H2,1-3H3. The molecule has 1 aliphatic heterocycles. The SMILES string of the molecule is CCCOc1cncc(C(=O)C2CN(C(C)C)CCO2)c1. The second-order valence-corrected chi connectivity index (χ2v) is 5.57. The van der Waals surface area contributed by atoms with E-state index in [2.05, 4.69) is 23.7 Å². The molecule has 2 heterocycles. The molecule has 21 heavy (non-hydrogen) atoms. The molecule has 0 spiro atoms. The molecule has 0 bridgehead atoms. The number of ether oxygens (including phenoxy) is 2. The van der Waals surface area contributed by atoms with Gasteiger partial charge in [-0.05, 0) is 26.3 Å². The van der Waals surface area contributed by atoms with Crippen LogP contribution in [0.1, 0.15) is 37.6 Å². The van der Waals surface area contributed by atoms with E-state index < -0.39 is 6.10 Å². The Hall–Kier alpha value is -1.46. The monoisotopic (exact) mass is 292 g/mol. The summed E-state index contributed by atoms with van der Waals surface area (Å²) in [6.07, 6.45) is 3.73. The maximum absolute atomic E-state index is 12.5. The maximum atomic E-state index is 12.5. The Morgan fingerprint density at radius 3 is 3.05 bits per heavy atom. The predicted octanol–water partition coefficient (Wildman–Crippen LogP) is 2.16. The lowest BCUT2D eigenvalue weighted by Gasteiger charge is -2.34. The average Bonchev–Trinajstić information content (AvgIpc) is 2.52. The second kappa shape index (κ2) is 7.52. The highest BCUT2D eigenvalue weighted by Crippen LogP contribution is 2.17. The highest BCUT2D eigenvalue weighted by Gasteiger charge is 2.28. The lowest BCUT2D eigenvalue weighted by molar-refractivity contribution is -0.0256. The molecule has 1 aliphatic rings. The van der Waals surface area contributed by atoms with E-state index in [1.165, 1.54) is 0 Å². The van der Waals surface area contributed by atoms with Gasteiger partial charge in [0.1, 0.15) is 11.9 Å². The molecule has 0 N–H and O–H groups in total. The number of rotatable bonds is 6. The van der Waals surface area contributed by atoms with Crippen LogP contribution >= 0.6 is 0 Å². The molecule has 0 saturated carbocycles. The Morgan fingerprint density at radius 2 is 2.33 bits per heavy atom. The lowest BCUT2D eigenvalue weighted by Crippen LogP contribution is -2.48. The van der Waals surface area contributed by atoms with Crippen molar-refractivity contribution in [3.8, 4) is 5.75 Å². The predicted molar refractivity (Wildman–Crippen MR) is 80.8 cm³/mol. The van der Waals surface area contributed by atoms with Gasteiger partial charge in [0.05, 0.1) is 19.4 Å². The van der Waals surface area contributed by atoms with Gasteiger partial charge in [-0.1, -0.05) is 6.92 Å². The largest absolute Gasteiger partial charge is 0.492 e. The molecule has 0 radical (unpaired) electrons. The molecule has 1 fully saturated rings. The first-order valence-electron chi connectivity index (χ1n) is 7.59. The van der Waals surface area contributed by atoms with Gasteiger partial charge in [-0.3, -0.25) is 14.7 Å². The van der Waals surface area contributed by atoms with Crippen LogP contribution in [0.25, 0.3) is 0 Å². The van der Waals surface area contributed by atoms with Crippen molar-refractivity contribution >= 4 is 5.78 Å². The summed E-state index contributed by atoms with van der Waals surface area (Å²) >= 11 is 0. The van der Waals surface area contributed by atoms with Gasteiger partial charge in [-0.25, -0.2) is 0 Å². The molecule has 2 rings (SSSR count). The lowest BCUT2D eigenvalue weighted by atomic mass is 10.1. The van der Waals surface area contributed by atoms with E-state index in [4.69, 9.17) is 9.47 Å². The number of hydrogen-bond donors (Lipinski definition) is 0. The summed E-state index contributed by atoms with van der Waals surface area (Å²) in [5, 5.41) is 0. The highest BCUT2D eigenvalue weighted by molar-refractivity contribution is 5.99. The van der Waals surface area contributed by atoms with Crippen LogP contribution < -0.4 is 4.74 Å². The summed E-state index contributed by atoms with van der Waals surface area (Å²) < 4.78 is 11.2. The van der Waals surface area contributed by atoms with Crippen molar-refractivity contribution in [1.29, 1.82) is 0 Å². The van der Waals surface area contributed by atoms with Crippen molar-refractivity contribution in [3.05, 3.63) is 24.0 Å². The molecule has 1 saturated heterocycles. The second-order valence-electron chi connectivity index (χ2n) is 5.57. The van der Waals surface area contributed by atoms with Crippen LogP contribution in [0, 0.1) is 0 Å². The topological polar surface area (TPSA) is 51.7 Å². The minimum atomic E-state index is -0.413. The fraction of sp³-hybridized carbons (Fsp3) is 0.625. The van der Waals surface area contributed by atoms with Crippen molar-refractivity contribution in [2.45, 2.75) is 39.3 Å². The number of Topliss-reactive ketones (excluding diaryl/α,β-unsaturated/α-hetero) is 1. The average molecular weight is 292 g/mol. The summed E-state index contributed by atoms with van der Waals surface area (Å²) in [5.74, 6) is 0.619. The Labute approximate surface area is 126 Å². The third-order valence-corrected chi connectivity index (χ3v) is 3.59. The summed E-state index contributed by atoms with van der Waals surface area (Å²) in [6, 6.07) is 2.17. The molecule has 0 amide bonds. The summed E-state index contributed by atoms with van der Waals surface area (Å²) in [7, 11) is 0. The van der Waals surface area contributed by atoms with Crippen LogP contribution in [0.5, 0.6) is 5.75 Å². The van der Waals surface area contributed by atoms with E-state index in [1.807, 2.05) is 6.92 Å². The van der Waals surface area contributed by atoms with Crippen molar-refractivity contribution in [3.63, 3.8) is 0 Å². The van der Waals surface area contributed by atoms with E-state index in [1.54, 1.807) is 18.5 Å².